The van der Waals surface area contributed by atoms with Gasteiger partial charge in [0, 0.05) is 109 Å². The molecular formula is C54H63FN12O6. The normalized spacial score (nSPS) is 17.1. The Hall–Kier alpha value is -7.51. The number of rotatable bonds is 13. The van der Waals surface area contributed by atoms with Crippen molar-refractivity contribution in [2.45, 2.75) is 52.5 Å². The van der Waals surface area contributed by atoms with Gasteiger partial charge in [0.2, 0.25) is 11.9 Å². The van der Waals surface area contributed by atoms with Crippen LogP contribution in [-0.4, -0.2) is 141 Å². The highest BCUT2D eigenvalue weighted by Crippen LogP contribution is 2.40. The molecule has 6 aromatic rings. The Balaban J connectivity index is 0.679. The summed E-state index contributed by atoms with van der Waals surface area (Å²) in [6.07, 6.45) is 5.70. The number of aromatic amines is 1. The Labute approximate surface area is 423 Å². The molecule has 0 spiro atoms. The van der Waals surface area contributed by atoms with Gasteiger partial charge in [-0.05, 0) is 93.0 Å². The Morgan fingerprint density at radius 2 is 1.53 bits per heavy atom. The predicted octanol–water partition coefficient (Wildman–Crippen LogP) is 6.90. The molecule has 10 rings (SSSR count). The van der Waals surface area contributed by atoms with E-state index in [9.17, 15) is 24.6 Å². The van der Waals surface area contributed by atoms with Crippen LogP contribution in [0, 0.1) is 17.7 Å². The molecule has 0 atom stereocenters. The number of piperidine rings is 2. The highest BCUT2D eigenvalue weighted by molar-refractivity contribution is 6.13. The second-order valence-corrected chi connectivity index (χ2v) is 19.5. The van der Waals surface area contributed by atoms with E-state index in [0.29, 0.717) is 65.4 Å². The Morgan fingerprint density at radius 3 is 2.27 bits per heavy atom. The maximum absolute atomic E-state index is 15.7. The van der Waals surface area contributed by atoms with E-state index < -0.39 is 11.5 Å². The molecule has 6 heterocycles. The number of H-pyrrole nitrogens is 1. The van der Waals surface area contributed by atoms with Crippen LogP contribution in [-0.2, 0) is 17.8 Å². The van der Waals surface area contributed by atoms with Gasteiger partial charge in [-0.3, -0.25) is 14.5 Å². The number of carbonyl (C=O) groups is 2. The van der Waals surface area contributed by atoms with Crippen LogP contribution in [0.3, 0.4) is 0 Å². The van der Waals surface area contributed by atoms with E-state index in [1.807, 2.05) is 62.2 Å². The molecule has 4 aromatic carbocycles. The summed E-state index contributed by atoms with van der Waals surface area (Å²) in [6, 6.07) is 21.1. The molecule has 0 radical (unpaired) electrons. The van der Waals surface area contributed by atoms with E-state index in [0.717, 1.165) is 102 Å². The molecule has 382 valence electrons. The van der Waals surface area contributed by atoms with E-state index in [2.05, 4.69) is 46.2 Å². The smallest absolute Gasteiger partial charge is 0.348 e. The first kappa shape index (κ1) is 49.1. The summed E-state index contributed by atoms with van der Waals surface area (Å²) in [5, 5.41) is 30.7. The van der Waals surface area contributed by atoms with Gasteiger partial charge in [0.25, 0.3) is 5.91 Å². The van der Waals surface area contributed by atoms with Crippen molar-refractivity contribution in [1.29, 1.82) is 0 Å². The first-order chi connectivity index (χ1) is 35.4. The molecule has 3 fully saturated rings. The number of likely N-dealkylation sites (tertiary alicyclic amines) is 1. The zero-order valence-electron chi connectivity index (χ0n) is 41.9. The first-order valence-corrected chi connectivity index (χ1v) is 25.4. The number of piperazine rings is 1. The van der Waals surface area contributed by atoms with Crippen LogP contribution in [0.4, 0.5) is 38.9 Å². The number of halogens is 1. The van der Waals surface area contributed by atoms with Gasteiger partial charge in [0.05, 0.1) is 41.0 Å². The molecule has 3 saturated heterocycles. The number of phenolic OH excluding ortho intramolecular Hbond substituents is 2. The highest BCUT2D eigenvalue weighted by Gasteiger charge is 2.33. The summed E-state index contributed by atoms with van der Waals surface area (Å²) in [5.74, 6) is 1.70. The molecule has 0 aliphatic carbocycles. The van der Waals surface area contributed by atoms with Gasteiger partial charge in [0.15, 0.2) is 11.6 Å². The van der Waals surface area contributed by atoms with Crippen LogP contribution in [0.2, 0.25) is 0 Å². The van der Waals surface area contributed by atoms with Gasteiger partial charge in [-0.2, -0.15) is 10.1 Å². The number of fused-ring (bicyclic) bond motifs is 2. The van der Waals surface area contributed by atoms with Crippen molar-refractivity contribution in [3.63, 3.8) is 0 Å². The van der Waals surface area contributed by atoms with E-state index in [1.165, 1.54) is 16.7 Å². The SMILES string of the molecule is CCOc1cc(N2CCC(C(=O)N3CCC(CN4CCN(Cc5ccc(-n6c(-c7cc(CC)c(O)cc7O)n[nH]c6=O)cc5F)CC4)CC3)CC2)ccc1Nc1ncc2c(n1)N(C)c1ccccc1C(=O)N2C. The number of carbonyl (C=O) groups excluding carboxylic acids is 2. The lowest BCUT2D eigenvalue weighted by atomic mass is 9.91. The van der Waals surface area contributed by atoms with Crippen LogP contribution >= 0.6 is 0 Å². The summed E-state index contributed by atoms with van der Waals surface area (Å²) in [6.45, 7) is 12.2. The number of phenols is 2. The predicted molar refractivity (Wildman–Crippen MR) is 278 cm³/mol. The molecule has 0 bridgehead atoms. The average molecular weight is 995 g/mol. The van der Waals surface area contributed by atoms with Gasteiger partial charge in [-0.1, -0.05) is 25.1 Å². The van der Waals surface area contributed by atoms with Gasteiger partial charge < -0.3 is 44.8 Å². The molecule has 2 amide bonds. The number of amides is 2. The summed E-state index contributed by atoms with van der Waals surface area (Å²) in [7, 11) is 3.63. The van der Waals surface area contributed by atoms with Crippen molar-refractivity contribution in [2.75, 3.05) is 99.6 Å². The molecule has 2 aromatic heterocycles. The van der Waals surface area contributed by atoms with Crippen molar-refractivity contribution in [2.24, 2.45) is 11.8 Å². The quantitative estimate of drug-likeness (QED) is 0.0934. The number of ether oxygens (including phenoxy) is 1. The summed E-state index contributed by atoms with van der Waals surface area (Å²) in [5.41, 5.74) is 4.78. The minimum atomic E-state index is -0.574. The summed E-state index contributed by atoms with van der Waals surface area (Å²) >= 11 is 0. The highest BCUT2D eigenvalue weighted by atomic mass is 19.1. The number of hydrogen-bond acceptors (Lipinski definition) is 14. The number of aromatic nitrogens is 5. The lowest BCUT2D eigenvalue weighted by Crippen LogP contribution is -2.49. The number of aryl methyl sites for hydroxylation is 1. The fourth-order valence-corrected chi connectivity index (χ4v) is 10.8. The topological polar surface area (TPSA) is 192 Å². The van der Waals surface area contributed by atoms with Crippen molar-refractivity contribution in [3.8, 4) is 34.3 Å². The lowest BCUT2D eigenvalue weighted by molar-refractivity contribution is -0.137. The molecular weight excluding hydrogens is 932 g/mol. The maximum Gasteiger partial charge on any atom is 0.348 e. The molecule has 19 heteroatoms. The summed E-state index contributed by atoms with van der Waals surface area (Å²) < 4.78 is 23.0. The zero-order valence-corrected chi connectivity index (χ0v) is 41.9. The molecule has 73 heavy (non-hydrogen) atoms. The molecule has 4 aliphatic heterocycles. The Morgan fingerprint density at radius 1 is 0.795 bits per heavy atom. The largest absolute Gasteiger partial charge is 0.508 e. The van der Waals surface area contributed by atoms with Crippen LogP contribution in [0.1, 0.15) is 61.0 Å². The van der Waals surface area contributed by atoms with E-state index in [1.54, 1.807) is 36.3 Å². The molecule has 0 saturated carbocycles. The third-order valence-corrected chi connectivity index (χ3v) is 15.0. The fourth-order valence-electron chi connectivity index (χ4n) is 10.8. The number of benzene rings is 4. The first-order valence-electron chi connectivity index (χ1n) is 25.4. The standard InChI is InChI=1S/C54H63FN12O6/c1-5-35-27-41(47(69)30-46(35)68)49-59-60-54(72)67(49)39-12-11-37(42(55)28-39)33-64-25-23-63(24-26-64)32-34-15-19-66(20-16-34)51(70)36-17-21-65(22-18-36)38-13-14-43(48(29-38)73-6-2)57-53-56-31-45-50(58-53)61(3)44-10-8-7-9-40(44)52(71)62(45)4/h7-14,27-31,34,36,68-69H,5-6,15-26,32-33H2,1-4H3,(H,60,72)(H,56,57,58). The molecule has 4 aliphatic rings. The van der Waals surface area contributed by atoms with E-state index in [-0.39, 0.29) is 46.3 Å². The second kappa shape index (κ2) is 20.9. The van der Waals surface area contributed by atoms with Gasteiger partial charge in [-0.15, -0.1) is 0 Å². The van der Waals surface area contributed by atoms with Gasteiger partial charge >= 0.3 is 5.69 Å². The van der Waals surface area contributed by atoms with Gasteiger partial charge in [-0.25, -0.2) is 23.8 Å². The van der Waals surface area contributed by atoms with Crippen molar-refractivity contribution in [3.05, 3.63) is 112 Å². The molecule has 0 unspecified atom stereocenters. The number of anilines is 6. The Bertz CT molecular complexity index is 3070. The number of para-hydroxylation sites is 1. The van der Waals surface area contributed by atoms with Crippen LogP contribution < -0.4 is 30.4 Å². The lowest BCUT2D eigenvalue weighted by Gasteiger charge is -2.40. The summed E-state index contributed by atoms with van der Waals surface area (Å²) in [4.78, 5) is 62.1. The third kappa shape index (κ3) is 10.0. The van der Waals surface area contributed by atoms with Crippen molar-refractivity contribution in [1.82, 2.24) is 39.4 Å². The van der Waals surface area contributed by atoms with Crippen LogP contribution in [0.5, 0.6) is 17.2 Å². The minimum absolute atomic E-state index is 0.000826. The number of nitrogens with one attached hydrogen (secondary N) is 2. The third-order valence-electron chi connectivity index (χ3n) is 15.0. The fraction of sp³-hybridized carbons (Fsp3) is 0.407. The van der Waals surface area contributed by atoms with Crippen LogP contribution in [0.15, 0.2) is 83.8 Å². The van der Waals surface area contributed by atoms with Gasteiger partial charge in [0.1, 0.15) is 28.8 Å². The van der Waals surface area contributed by atoms with Crippen molar-refractivity contribution < 1.29 is 28.9 Å². The zero-order chi connectivity index (χ0) is 50.9. The van der Waals surface area contributed by atoms with E-state index in [4.69, 9.17) is 9.72 Å². The minimum Gasteiger partial charge on any atom is -0.508 e. The molecule has 4 N–H and O–H groups in total. The van der Waals surface area contributed by atoms with Crippen LogP contribution in [0.25, 0.3) is 17.1 Å². The average Bonchev–Trinajstić information content (AvgIpc) is 3.77. The second-order valence-electron chi connectivity index (χ2n) is 19.5. The monoisotopic (exact) mass is 994 g/mol. The number of hydrogen-bond donors (Lipinski definition) is 4. The maximum atomic E-state index is 15.7. The van der Waals surface area contributed by atoms with E-state index >= 15 is 4.39 Å². The van der Waals surface area contributed by atoms with Crippen molar-refractivity contribution >= 4 is 46.3 Å². The number of nitrogens with zero attached hydrogens (tertiary/aromatic N) is 10. The molecule has 18 nitrogen and oxygen atoms in total. The Kier molecular flexibility index (Phi) is 14.1. The number of aromatic hydroxyl groups is 2.